The molecule has 0 amide bonds. The normalized spacial score (nSPS) is 41.2. The van der Waals surface area contributed by atoms with Crippen LogP contribution in [0.15, 0.2) is 11.8 Å². The van der Waals surface area contributed by atoms with Gasteiger partial charge in [0.2, 0.25) is 6.29 Å². The average molecular weight is 693 g/mol. The molecule has 15 atom stereocenters. The molecule has 3 fully saturated rings. The zero-order valence-corrected chi connectivity index (χ0v) is 27.5. The molecule has 4 aliphatic rings. The fourth-order valence-corrected chi connectivity index (χ4v) is 6.60. The zero-order valence-electron chi connectivity index (χ0n) is 27.5. The molecule has 1 aliphatic carbocycles. The molecule has 3 heterocycles. The van der Waals surface area contributed by atoms with Gasteiger partial charge in [-0.15, -0.1) is 0 Å². The minimum Gasteiger partial charge on any atom is -0.465 e. The highest BCUT2D eigenvalue weighted by atomic mass is 16.8. The summed E-state index contributed by atoms with van der Waals surface area (Å²) in [4.78, 5) is 35.6. The Morgan fingerprint density at radius 1 is 0.896 bits per heavy atom. The van der Waals surface area contributed by atoms with Crippen LogP contribution in [0.3, 0.4) is 0 Å². The highest BCUT2D eigenvalue weighted by Crippen LogP contribution is 2.47. The summed E-state index contributed by atoms with van der Waals surface area (Å²) in [7, 11) is 0. The van der Waals surface area contributed by atoms with E-state index >= 15 is 0 Å². The molecule has 17 heteroatoms. The Balaban J connectivity index is 1.52. The molecule has 0 radical (unpaired) electrons. The predicted molar refractivity (Wildman–Crippen MR) is 157 cm³/mol. The Labute approximate surface area is 277 Å². The van der Waals surface area contributed by atoms with Crippen LogP contribution < -0.4 is 0 Å². The van der Waals surface area contributed by atoms with Crippen LogP contribution in [0, 0.1) is 23.7 Å². The van der Waals surface area contributed by atoms with Gasteiger partial charge < -0.3 is 68.5 Å². The van der Waals surface area contributed by atoms with Crippen molar-refractivity contribution in [2.45, 2.75) is 121 Å². The van der Waals surface area contributed by atoms with E-state index in [9.17, 15) is 45.0 Å². The molecule has 0 aromatic rings. The second kappa shape index (κ2) is 16.5. The number of esters is 3. The Bertz CT molecular complexity index is 1150. The van der Waals surface area contributed by atoms with E-state index < -0.39 is 116 Å². The highest BCUT2D eigenvalue weighted by Gasteiger charge is 2.54. The summed E-state index contributed by atoms with van der Waals surface area (Å²) >= 11 is 0. The molecule has 0 aromatic heterocycles. The monoisotopic (exact) mass is 692 g/mol. The molecule has 48 heavy (non-hydrogen) atoms. The number of hydrogen-bond donors (Lipinski definition) is 6. The number of carbonyl (C=O) groups is 3. The first-order valence-corrected chi connectivity index (χ1v) is 16.1. The smallest absolute Gasteiger partial charge is 0.309 e. The van der Waals surface area contributed by atoms with Crippen molar-refractivity contribution in [2.75, 3.05) is 19.8 Å². The molecule has 0 bridgehead atoms. The van der Waals surface area contributed by atoms with Crippen LogP contribution in [0.1, 0.15) is 47.5 Å². The third kappa shape index (κ3) is 8.82. The first kappa shape index (κ1) is 38.4. The van der Waals surface area contributed by atoms with Gasteiger partial charge in [0.05, 0.1) is 38.3 Å². The van der Waals surface area contributed by atoms with E-state index in [4.69, 9.17) is 37.9 Å². The van der Waals surface area contributed by atoms with Crippen LogP contribution in [-0.2, 0) is 52.3 Å². The van der Waals surface area contributed by atoms with E-state index in [0.29, 0.717) is 5.57 Å². The van der Waals surface area contributed by atoms with E-state index in [1.165, 1.54) is 20.1 Å². The largest absolute Gasteiger partial charge is 0.465 e. The summed E-state index contributed by atoms with van der Waals surface area (Å²) in [5.41, 5.74) is 0.492. The van der Waals surface area contributed by atoms with Crippen LogP contribution in [0.5, 0.6) is 0 Å². The van der Waals surface area contributed by atoms with E-state index in [1.807, 2.05) is 13.8 Å². The van der Waals surface area contributed by atoms with E-state index in [2.05, 4.69) is 0 Å². The minimum absolute atomic E-state index is 0.0200. The van der Waals surface area contributed by atoms with Crippen molar-refractivity contribution in [2.24, 2.45) is 23.7 Å². The van der Waals surface area contributed by atoms with Crippen LogP contribution in [0.25, 0.3) is 0 Å². The number of ether oxygens (including phenoxy) is 8. The summed E-state index contributed by atoms with van der Waals surface area (Å²) in [5.74, 6) is -3.49. The lowest BCUT2D eigenvalue weighted by Gasteiger charge is -2.46. The quantitative estimate of drug-likeness (QED) is 0.0979. The Morgan fingerprint density at radius 2 is 1.58 bits per heavy atom. The molecule has 3 aliphatic heterocycles. The van der Waals surface area contributed by atoms with Crippen LogP contribution in [0.4, 0.5) is 0 Å². The fraction of sp³-hybridized carbons (Fsp3) is 0.839. The van der Waals surface area contributed by atoms with Gasteiger partial charge in [-0.3, -0.25) is 14.4 Å². The Kier molecular flexibility index (Phi) is 13.2. The minimum atomic E-state index is -1.76. The highest BCUT2D eigenvalue weighted by molar-refractivity contribution is 5.69. The van der Waals surface area contributed by atoms with Gasteiger partial charge in [-0.05, 0) is 30.8 Å². The van der Waals surface area contributed by atoms with Crippen molar-refractivity contribution in [3.05, 3.63) is 11.8 Å². The number of fused-ring (bicyclic) bond motifs is 1. The van der Waals surface area contributed by atoms with Gasteiger partial charge in [0, 0.05) is 32.1 Å². The summed E-state index contributed by atoms with van der Waals surface area (Å²) < 4.78 is 45.0. The van der Waals surface area contributed by atoms with Crippen LogP contribution >= 0.6 is 0 Å². The first-order chi connectivity index (χ1) is 22.6. The Hall–Kier alpha value is -2.45. The molecule has 1 saturated carbocycles. The predicted octanol–water partition coefficient (Wildman–Crippen LogP) is -1.77. The van der Waals surface area contributed by atoms with Gasteiger partial charge in [-0.2, -0.15) is 0 Å². The number of carbonyl (C=O) groups excluding carboxylic acids is 3. The lowest BCUT2D eigenvalue weighted by molar-refractivity contribution is -0.364. The van der Waals surface area contributed by atoms with Gasteiger partial charge in [0.1, 0.15) is 36.6 Å². The lowest BCUT2D eigenvalue weighted by Crippen LogP contribution is -2.64. The first-order valence-electron chi connectivity index (χ1n) is 16.1. The van der Waals surface area contributed by atoms with Gasteiger partial charge in [-0.1, -0.05) is 13.8 Å². The second-order valence-electron chi connectivity index (χ2n) is 13.1. The molecule has 0 aromatic carbocycles. The van der Waals surface area contributed by atoms with Crippen molar-refractivity contribution in [1.82, 2.24) is 0 Å². The summed E-state index contributed by atoms with van der Waals surface area (Å²) in [6.45, 7) is 6.45. The van der Waals surface area contributed by atoms with E-state index in [-0.39, 0.29) is 32.0 Å². The van der Waals surface area contributed by atoms with Crippen molar-refractivity contribution in [1.29, 1.82) is 0 Å². The van der Waals surface area contributed by atoms with Crippen molar-refractivity contribution >= 4 is 17.9 Å². The third-order valence-electron chi connectivity index (χ3n) is 9.00. The van der Waals surface area contributed by atoms with Gasteiger partial charge in [0.15, 0.2) is 18.7 Å². The molecule has 6 N–H and O–H groups in total. The molecule has 0 unspecified atom stereocenters. The van der Waals surface area contributed by atoms with Crippen molar-refractivity contribution in [3.63, 3.8) is 0 Å². The molecule has 4 rings (SSSR count). The maximum Gasteiger partial charge on any atom is 0.309 e. The van der Waals surface area contributed by atoms with Gasteiger partial charge >= 0.3 is 17.9 Å². The fourth-order valence-electron chi connectivity index (χ4n) is 6.60. The maximum absolute atomic E-state index is 12.6. The molecule has 274 valence electrons. The van der Waals surface area contributed by atoms with Crippen molar-refractivity contribution in [3.8, 4) is 0 Å². The third-order valence-corrected chi connectivity index (χ3v) is 9.00. The van der Waals surface area contributed by atoms with Crippen LogP contribution in [0.2, 0.25) is 0 Å². The van der Waals surface area contributed by atoms with Crippen LogP contribution in [-0.4, -0.2) is 142 Å². The molecular formula is C31H48O17. The van der Waals surface area contributed by atoms with Crippen molar-refractivity contribution < 1.29 is 82.9 Å². The molecule has 0 spiro atoms. The lowest BCUT2D eigenvalue weighted by atomic mass is 9.83. The number of aliphatic hydroxyl groups is 6. The van der Waals surface area contributed by atoms with Gasteiger partial charge in [-0.25, -0.2) is 0 Å². The second-order valence-corrected chi connectivity index (χ2v) is 13.1. The average Bonchev–Trinajstić information content (AvgIpc) is 3.35. The summed E-state index contributed by atoms with van der Waals surface area (Å²) in [6, 6.07) is 0. The molecule has 2 saturated heterocycles. The van der Waals surface area contributed by atoms with E-state index in [1.54, 1.807) is 0 Å². The molecule has 17 nitrogen and oxygen atoms in total. The summed E-state index contributed by atoms with van der Waals surface area (Å²) in [5, 5.41) is 63.7. The number of hydrogen-bond acceptors (Lipinski definition) is 17. The zero-order chi connectivity index (χ0) is 35.4. The number of rotatable bonds is 12. The Morgan fingerprint density at radius 3 is 2.21 bits per heavy atom. The SMILES string of the molecule is CC(=O)OC[C@@H]1[C@H]2[C@H](OC(=O)CC(C)C)OC=C(CO[C@@H]3O[C@H](CO)[C@@H](O)[C@H](O)[C@H]3O[C@@H]3O[C@@H](C)[C@H](OC(C)=O)[C@@H](O)[C@H]3O)[C@H]2C[C@@H]1O. The summed E-state index contributed by atoms with van der Waals surface area (Å²) in [6.07, 6.45) is -15.2. The number of aliphatic hydroxyl groups excluding tert-OH is 6. The standard InChI is InChI=1S/C31H48O17/c1-12(2)6-21(36)47-29-22-17(7-19(35)18(22)11-41-14(4)33)16(9-42-29)10-43-31-28(24(38)23(37)20(8-32)46-31)48-30-26(40)25(39)27(13(3)44-30)45-15(5)34/h9,12-13,17-20,22-32,35,37-40H,6-8,10-11H2,1-5H3/t13-,17+,18-,19-,20+,22-,23+,24-,25-,26+,27-,28+,29-,30-,31+/m0/s1. The molecular weight excluding hydrogens is 644 g/mol. The maximum atomic E-state index is 12.6. The van der Waals surface area contributed by atoms with Gasteiger partial charge in [0.25, 0.3) is 0 Å². The topological polar surface area (TPSA) is 246 Å². The van der Waals surface area contributed by atoms with E-state index in [0.717, 1.165) is 6.92 Å².